The number of hydrogen-bond acceptors (Lipinski definition) is 3. The number of carbonyl (C=O) groups excluding carboxylic acids is 1. The molecule has 6 nitrogen and oxygen atoms in total. The van der Waals surface area contributed by atoms with Crippen LogP contribution in [0.25, 0.3) is 0 Å². The highest BCUT2D eigenvalue weighted by molar-refractivity contribution is 5.74. The van der Waals surface area contributed by atoms with E-state index in [4.69, 9.17) is 10.4 Å². The molecule has 2 unspecified atom stereocenters. The van der Waals surface area contributed by atoms with Crippen LogP contribution in [-0.4, -0.2) is 41.6 Å². The van der Waals surface area contributed by atoms with Crippen LogP contribution in [0.5, 0.6) is 0 Å². The quantitative estimate of drug-likeness (QED) is 0.701. The first kappa shape index (κ1) is 17.2. The summed E-state index contributed by atoms with van der Waals surface area (Å²) in [6.07, 6.45) is 0.755. The summed E-state index contributed by atoms with van der Waals surface area (Å²) < 4.78 is 0. The van der Waals surface area contributed by atoms with Gasteiger partial charge in [-0.1, -0.05) is 13.3 Å². The maximum Gasteiger partial charge on any atom is 0.317 e. The third-order valence-electron chi connectivity index (χ3n) is 2.97. The van der Waals surface area contributed by atoms with Gasteiger partial charge >= 0.3 is 12.0 Å². The molecule has 0 aliphatic heterocycles. The minimum atomic E-state index is -0.855. The van der Waals surface area contributed by atoms with Crippen molar-refractivity contribution in [2.24, 2.45) is 11.8 Å². The van der Waals surface area contributed by atoms with E-state index in [1.807, 2.05) is 13.8 Å². The molecule has 0 bridgehead atoms. The summed E-state index contributed by atoms with van der Waals surface area (Å²) in [6.45, 7) is 6.75. The van der Waals surface area contributed by atoms with Crippen molar-refractivity contribution in [1.82, 2.24) is 10.2 Å². The van der Waals surface area contributed by atoms with E-state index in [1.54, 1.807) is 11.8 Å². The molecule has 2 N–H and O–H groups in total. The molecule has 2 atom stereocenters. The van der Waals surface area contributed by atoms with Crippen molar-refractivity contribution < 1.29 is 14.7 Å². The molecule has 0 saturated carbocycles. The Kier molecular flexibility index (Phi) is 8.34. The molecule has 0 rings (SSSR count). The van der Waals surface area contributed by atoms with E-state index in [0.717, 1.165) is 0 Å². The van der Waals surface area contributed by atoms with Gasteiger partial charge in [-0.05, 0) is 19.8 Å². The lowest BCUT2D eigenvalue weighted by atomic mass is 10.0. The van der Waals surface area contributed by atoms with Crippen molar-refractivity contribution in [3.63, 3.8) is 0 Å². The Morgan fingerprint density at radius 3 is 2.47 bits per heavy atom. The third kappa shape index (κ3) is 7.29. The zero-order chi connectivity index (χ0) is 14.8. The third-order valence-corrected chi connectivity index (χ3v) is 2.97. The van der Waals surface area contributed by atoms with Gasteiger partial charge < -0.3 is 15.3 Å². The molecule has 0 spiro atoms. The van der Waals surface area contributed by atoms with E-state index in [1.165, 1.54) is 0 Å². The first-order chi connectivity index (χ1) is 8.94. The van der Waals surface area contributed by atoms with Crippen LogP contribution in [0.15, 0.2) is 0 Å². The van der Waals surface area contributed by atoms with Gasteiger partial charge in [0.25, 0.3) is 0 Å². The van der Waals surface area contributed by atoms with Crippen LogP contribution in [-0.2, 0) is 4.79 Å². The standard InChI is InChI=1S/C13H23N3O3/c1-4-11(6-12(17)18)8-15-13(19)16(5-2)9-10(3)7-14/h10-11H,4-6,8-9H2,1-3H3,(H,15,19)(H,17,18). The fourth-order valence-electron chi connectivity index (χ4n) is 1.68. The van der Waals surface area contributed by atoms with Crippen molar-refractivity contribution in [1.29, 1.82) is 5.26 Å². The fourth-order valence-corrected chi connectivity index (χ4v) is 1.68. The molecule has 19 heavy (non-hydrogen) atoms. The summed E-state index contributed by atoms with van der Waals surface area (Å²) in [5, 5.41) is 20.2. The molecular formula is C13H23N3O3. The van der Waals surface area contributed by atoms with Crippen LogP contribution in [0, 0.1) is 23.2 Å². The number of nitrogens with zero attached hydrogens (tertiary/aromatic N) is 2. The van der Waals surface area contributed by atoms with Crippen molar-refractivity contribution in [3.05, 3.63) is 0 Å². The minimum Gasteiger partial charge on any atom is -0.481 e. The SMILES string of the molecule is CCC(CNC(=O)N(CC)CC(C)C#N)CC(=O)O. The summed E-state index contributed by atoms with van der Waals surface area (Å²) in [6, 6.07) is 1.85. The molecular weight excluding hydrogens is 246 g/mol. The Labute approximate surface area is 114 Å². The van der Waals surface area contributed by atoms with Crippen molar-refractivity contribution in [3.8, 4) is 6.07 Å². The zero-order valence-corrected chi connectivity index (χ0v) is 11.8. The Morgan fingerprint density at radius 2 is 2.05 bits per heavy atom. The topological polar surface area (TPSA) is 93.4 Å². The average Bonchev–Trinajstić information content (AvgIpc) is 2.39. The van der Waals surface area contributed by atoms with Crippen LogP contribution < -0.4 is 5.32 Å². The number of carboxylic acid groups (broad SMARTS) is 1. The largest absolute Gasteiger partial charge is 0.481 e. The van der Waals surface area contributed by atoms with Crippen LogP contribution in [0.1, 0.15) is 33.6 Å². The van der Waals surface area contributed by atoms with Gasteiger partial charge in [0.15, 0.2) is 0 Å². The maximum atomic E-state index is 11.9. The number of nitriles is 1. The van der Waals surface area contributed by atoms with E-state index in [0.29, 0.717) is 26.1 Å². The second-order valence-corrected chi connectivity index (χ2v) is 4.63. The predicted molar refractivity (Wildman–Crippen MR) is 71.5 cm³/mol. The number of urea groups is 1. The lowest BCUT2D eigenvalue weighted by Crippen LogP contribution is -2.43. The molecule has 0 heterocycles. The lowest BCUT2D eigenvalue weighted by molar-refractivity contribution is -0.138. The fraction of sp³-hybridized carbons (Fsp3) is 0.769. The molecule has 0 fully saturated rings. The highest BCUT2D eigenvalue weighted by Gasteiger charge is 2.17. The number of nitrogens with one attached hydrogen (secondary N) is 1. The number of amides is 2. The van der Waals surface area contributed by atoms with Gasteiger partial charge in [0.2, 0.25) is 0 Å². The van der Waals surface area contributed by atoms with Crippen molar-refractivity contribution in [2.45, 2.75) is 33.6 Å². The van der Waals surface area contributed by atoms with Crippen molar-refractivity contribution in [2.75, 3.05) is 19.6 Å². The highest BCUT2D eigenvalue weighted by atomic mass is 16.4. The van der Waals surface area contributed by atoms with Crippen molar-refractivity contribution >= 4 is 12.0 Å². The molecule has 0 aromatic rings. The summed E-state index contributed by atoms with van der Waals surface area (Å²) in [4.78, 5) is 24.1. The van der Waals surface area contributed by atoms with Gasteiger partial charge in [-0.2, -0.15) is 5.26 Å². The average molecular weight is 269 g/mol. The highest BCUT2D eigenvalue weighted by Crippen LogP contribution is 2.07. The molecule has 2 amide bonds. The number of hydrogen-bond donors (Lipinski definition) is 2. The van der Waals surface area contributed by atoms with E-state index in [-0.39, 0.29) is 24.3 Å². The Balaban J connectivity index is 4.26. The molecule has 6 heteroatoms. The second-order valence-electron chi connectivity index (χ2n) is 4.63. The lowest BCUT2D eigenvalue weighted by Gasteiger charge is -2.23. The van der Waals surface area contributed by atoms with Gasteiger partial charge in [0, 0.05) is 26.1 Å². The minimum absolute atomic E-state index is 0.0531. The number of carbonyl (C=O) groups is 2. The smallest absolute Gasteiger partial charge is 0.317 e. The molecule has 0 aromatic heterocycles. The van der Waals surface area contributed by atoms with E-state index in [9.17, 15) is 9.59 Å². The first-order valence-electron chi connectivity index (χ1n) is 6.58. The molecule has 0 radical (unpaired) electrons. The molecule has 0 saturated heterocycles. The second kappa shape index (κ2) is 9.20. The monoisotopic (exact) mass is 269 g/mol. The van der Waals surface area contributed by atoms with E-state index in [2.05, 4.69) is 11.4 Å². The summed E-state index contributed by atoms with van der Waals surface area (Å²) >= 11 is 0. The van der Waals surface area contributed by atoms with Gasteiger partial charge in [0.05, 0.1) is 12.0 Å². The molecule has 108 valence electrons. The van der Waals surface area contributed by atoms with Crippen LogP contribution in [0.4, 0.5) is 4.79 Å². The van der Waals surface area contributed by atoms with E-state index >= 15 is 0 Å². The van der Waals surface area contributed by atoms with Crippen LogP contribution in [0.2, 0.25) is 0 Å². The van der Waals surface area contributed by atoms with Gasteiger partial charge in [-0.3, -0.25) is 4.79 Å². The van der Waals surface area contributed by atoms with Gasteiger partial charge in [-0.25, -0.2) is 4.79 Å². The Morgan fingerprint density at radius 1 is 1.42 bits per heavy atom. The maximum absolute atomic E-state index is 11.9. The van der Waals surface area contributed by atoms with Crippen LogP contribution >= 0.6 is 0 Å². The molecule has 0 aromatic carbocycles. The predicted octanol–water partition coefficient (Wildman–Crippen LogP) is 1.68. The number of carboxylic acids is 1. The first-order valence-corrected chi connectivity index (χ1v) is 6.58. The van der Waals surface area contributed by atoms with Gasteiger partial charge in [0.1, 0.15) is 0 Å². The van der Waals surface area contributed by atoms with E-state index < -0.39 is 5.97 Å². The zero-order valence-electron chi connectivity index (χ0n) is 11.8. The van der Waals surface area contributed by atoms with Gasteiger partial charge in [-0.15, -0.1) is 0 Å². The number of rotatable bonds is 8. The summed E-state index contributed by atoms with van der Waals surface area (Å²) in [5.41, 5.74) is 0. The Hall–Kier alpha value is -1.77. The number of aliphatic carboxylic acids is 1. The Bertz CT molecular complexity index is 339. The normalized spacial score (nSPS) is 13.2. The van der Waals surface area contributed by atoms with Crippen LogP contribution in [0.3, 0.4) is 0 Å². The summed E-state index contributed by atoms with van der Waals surface area (Å²) in [7, 11) is 0. The summed E-state index contributed by atoms with van der Waals surface area (Å²) in [5.74, 6) is -1.13. The molecule has 0 aliphatic carbocycles. The molecule has 0 aliphatic rings.